The molecule has 43 heavy (non-hydrogen) atoms. The fourth-order valence-corrected chi connectivity index (χ4v) is 7.69. The maximum atomic E-state index is 14.4. The number of carbonyl (C=O) groups excluding carboxylic acids is 1. The van der Waals surface area contributed by atoms with Crippen LogP contribution in [0.4, 0.5) is 17.6 Å². The van der Waals surface area contributed by atoms with Crippen molar-refractivity contribution in [1.29, 1.82) is 0 Å². The fourth-order valence-electron chi connectivity index (χ4n) is 6.38. The van der Waals surface area contributed by atoms with Crippen LogP contribution in [0.1, 0.15) is 97.1 Å². The molecule has 1 aliphatic heterocycles. The number of fused-ring (bicyclic) bond motifs is 2. The topological polar surface area (TPSA) is 91.1 Å². The highest BCUT2D eigenvalue weighted by molar-refractivity contribution is 7.91. The minimum absolute atomic E-state index is 0.00961. The van der Waals surface area contributed by atoms with Crippen molar-refractivity contribution in [3.05, 3.63) is 82.4 Å². The van der Waals surface area contributed by atoms with Crippen LogP contribution in [-0.4, -0.2) is 25.9 Å². The molecule has 0 radical (unpaired) electrons. The summed E-state index contributed by atoms with van der Waals surface area (Å²) in [7, 11) is -4.39. The van der Waals surface area contributed by atoms with Gasteiger partial charge in [0, 0.05) is 30.7 Å². The van der Waals surface area contributed by atoms with Crippen molar-refractivity contribution in [2.75, 3.05) is 6.54 Å². The average Bonchev–Trinajstić information content (AvgIpc) is 3.40. The maximum absolute atomic E-state index is 14.4. The summed E-state index contributed by atoms with van der Waals surface area (Å²) in [6.07, 6.45) is 7.31. The molecule has 0 bridgehead atoms. The number of aromatic amines is 1. The normalized spacial score (nSPS) is 18.0. The molecule has 0 atom stereocenters. The highest BCUT2D eigenvalue weighted by atomic mass is 32.2. The highest BCUT2D eigenvalue weighted by Crippen LogP contribution is 2.40. The van der Waals surface area contributed by atoms with Crippen LogP contribution in [0.2, 0.25) is 0 Å². The highest BCUT2D eigenvalue weighted by Gasteiger charge is 2.38. The lowest BCUT2D eigenvalue weighted by atomic mass is 9.72. The lowest BCUT2D eigenvalue weighted by Crippen LogP contribution is -2.43. The van der Waals surface area contributed by atoms with Crippen LogP contribution >= 0.6 is 0 Å². The second kappa shape index (κ2) is 12.8. The van der Waals surface area contributed by atoms with Gasteiger partial charge in [-0.2, -0.15) is 13.2 Å². The van der Waals surface area contributed by atoms with E-state index in [4.69, 9.17) is 0 Å². The molecular formula is C32H37F4N3O3S. The number of halogens is 4. The summed E-state index contributed by atoms with van der Waals surface area (Å²) in [6, 6.07) is 8.71. The Bertz CT molecular complexity index is 1540. The van der Waals surface area contributed by atoms with E-state index < -0.39 is 32.3 Å². The van der Waals surface area contributed by atoms with Crippen LogP contribution in [0, 0.1) is 5.82 Å². The van der Waals surface area contributed by atoms with Crippen LogP contribution in [-0.2, 0) is 34.5 Å². The van der Waals surface area contributed by atoms with E-state index in [-0.39, 0.29) is 28.8 Å². The molecule has 0 unspecified atom stereocenters. The van der Waals surface area contributed by atoms with E-state index in [0.717, 1.165) is 24.9 Å². The summed E-state index contributed by atoms with van der Waals surface area (Å²) in [6.45, 7) is 1.73. The summed E-state index contributed by atoms with van der Waals surface area (Å²) in [5.41, 5.74) is 2.11. The van der Waals surface area contributed by atoms with Crippen molar-refractivity contribution < 1.29 is 30.8 Å². The predicted molar refractivity (Wildman–Crippen MR) is 155 cm³/mol. The third kappa shape index (κ3) is 6.98. The van der Waals surface area contributed by atoms with Gasteiger partial charge in [-0.05, 0) is 60.4 Å². The number of aromatic nitrogens is 1. The molecule has 3 aromatic rings. The number of hydrogen-bond donors (Lipinski definition) is 3. The van der Waals surface area contributed by atoms with Crippen molar-refractivity contribution in [2.24, 2.45) is 0 Å². The number of alkyl halides is 3. The molecule has 11 heteroatoms. The summed E-state index contributed by atoms with van der Waals surface area (Å²) < 4.78 is 78.7. The molecule has 2 aliphatic rings. The van der Waals surface area contributed by atoms with Crippen LogP contribution in [0.25, 0.3) is 0 Å². The molecule has 232 valence electrons. The molecule has 1 saturated carbocycles. The molecular weight excluding hydrogens is 582 g/mol. The van der Waals surface area contributed by atoms with Gasteiger partial charge in [-0.3, -0.25) is 4.79 Å². The van der Waals surface area contributed by atoms with E-state index in [0.29, 0.717) is 29.9 Å². The predicted octanol–water partition coefficient (Wildman–Crippen LogP) is 7.19. The molecule has 1 aromatic heterocycles. The van der Waals surface area contributed by atoms with Crippen LogP contribution in [0.5, 0.6) is 0 Å². The molecule has 2 aromatic carbocycles. The Kier molecular flexibility index (Phi) is 9.31. The Hall–Kier alpha value is -3.18. The zero-order chi connectivity index (χ0) is 30.7. The number of hydrogen-bond acceptors (Lipinski definition) is 4. The van der Waals surface area contributed by atoms with E-state index in [1.54, 1.807) is 0 Å². The summed E-state index contributed by atoms with van der Waals surface area (Å²) in [5, 5.41) is 6.46. The quantitative estimate of drug-likeness (QED) is 0.264. The van der Waals surface area contributed by atoms with Gasteiger partial charge in [0.1, 0.15) is 16.4 Å². The first-order chi connectivity index (χ1) is 20.5. The third-order valence-electron chi connectivity index (χ3n) is 8.75. The van der Waals surface area contributed by atoms with Gasteiger partial charge >= 0.3 is 6.18 Å². The summed E-state index contributed by atoms with van der Waals surface area (Å²) in [4.78, 5) is 15.5. The third-order valence-corrected chi connectivity index (χ3v) is 10.6. The molecule has 6 nitrogen and oxygen atoms in total. The average molecular weight is 620 g/mol. The Morgan fingerprint density at radius 1 is 0.884 bits per heavy atom. The van der Waals surface area contributed by atoms with Gasteiger partial charge in [0.2, 0.25) is 9.84 Å². The number of benzene rings is 2. The largest absolute Gasteiger partial charge is 0.416 e. The Balaban J connectivity index is 1.26. The van der Waals surface area contributed by atoms with Crippen LogP contribution < -0.4 is 10.6 Å². The molecule has 1 aliphatic carbocycles. The molecule has 1 fully saturated rings. The molecule has 5 rings (SSSR count). The van der Waals surface area contributed by atoms with Gasteiger partial charge in [-0.25, -0.2) is 12.8 Å². The second-order valence-electron chi connectivity index (χ2n) is 11.8. The second-order valence-corrected chi connectivity index (χ2v) is 13.7. The van der Waals surface area contributed by atoms with Crippen molar-refractivity contribution >= 4 is 15.7 Å². The van der Waals surface area contributed by atoms with E-state index in [1.165, 1.54) is 81.3 Å². The Morgan fingerprint density at radius 2 is 1.51 bits per heavy atom. The smallest absolute Gasteiger partial charge is 0.354 e. The zero-order valence-electron chi connectivity index (χ0n) is 24.0. The molecule has 2 heterocycles. The van der Waals surface area contributed by atoms with Crippen molar-refractivity contribution in [3.63, 3.8) is 0 Å². The molecule has 3 N–H and O–H groups in total. The number of carbonyl (C=O) groups is 1. The minimum atomic E-state index is -4.79. The SMILES string of the molecule is O=C(NCc1ccc(S(=O)(=O)c2ccc(C(F)(F)F)cc2F)cc1)c1cc2c([nH]1)C1(CCCCCCCCCC1)CNC2. The van der Waals surface area contributed by atoms with E-state index in [9.17, 15) is 30.8 Å². The van der Waals surface area contributed by atoms with Crippen LogP contribution in [0.15, 0.2) is 58.3 Å². The van der Waals surface area contributed by atoms with Crippen molar-refractivity contribution in [3.8, 4) is 0 Å². The summed E-state index contributed by atoms with van der Waals surface area (Å²) >= 11 is 0. The Morgan fingerprint density at radius 3 is 2.12 bits per heavy atom. The first-order valence-corrected chi connectivity index (χ1v) is 16.4. The lowest BCUT2D eigenvalue weighted by Gasteiger charge is -2.38. The maximum Gasteiger partial charge on any atom is 0.416 e. The minimum Gasteiger partial charge on any atom is -0.354 e. The molecule has 1 spiro atoms. The number of nitrogens with one attached hydrogen (secondary N) is 3. The fraction of sp³-hybridized carbons (Fsp3) is 0.469. The van der Waals surface area contributed by atoms with Crippen molar-refractivity contribution in [2.45, 2.75) is 98.7 Å². The zero-order valence-corrected chi connectivity index (χ0v) is 24.8. The van der Waals surface area contributed by atoms with Gasteiger partial charge in [0.25, 0.3) is 5.91 Å². The monoisotopic (exact) mass is 619 g/mol. The standard InChI is InChI=1S/C32H37F4N3O3S/c33-26-18-24(32(34,35)36)11-14-28(26)43(41,42)25-12-9-22(10-13-25)19-38-30(40)27-17-23-20-37-21-31(29(23)39-27)15-7-5-3-1-2-4-6-8-16-31/h9-14,17-18,37,39H,1-8,15-16,19-21H2,(H,38,40). The van der Waals surface area contributed by atoms with E-state index in [1.807, 2.05) is 6.07 Å². The van der Waals surface area contributed by atoms with E-state index in [2.05, 4.69) is 15.6 Å². The number of sulfone groups is 1. The first kappa shape index (κ1) is 31.3. The van der Waals surface area contributed by atoms with Crippen LogP contribution in [0.3, 0.4) is 0 Å². The summed E-state index contributed by atoms with van der Waals surface area (Å²) in [5.74, 6) is -1.75. The van der Waals surface area contributed by atoms with E-state index >= 15 is 0 Å². The lowest BCUT2D eigenvalue weighted by molar-refractivity contribution is -0.137. The van der Waals surface area contributed by atoms with Gasteiger partial charge in [-0.15, -0.1) is 0 Å². The first-order valence-electron chi connectivity index (χ1n) is 14.9. The number of amides is 1. The molecule has 1 amide bonds. The van der Waals surface area contributed by atoms with Gasteiger partial charge < -0.3 is 15.6 Å². The van der Waals surface area contributed by atoms with Crippen molar-refractivity contribution in [1.82, 2.24) is 15.6 Å². The molecule has 0 saturated heterocycles. The van der Waals surface area contributed by atoms with Gasteiger partial charge in [0.05, 0.1) is 10.5 Å². The number of H-pyrrole nitrogens is 1. The number of rotatable bonds is 5. The van der Waals surface area contributed by atoms with Gasteiger partial charge in [-0.1, -0.05) is 63.5 Å². The van der Waals surface area contributed by atoms with Gasteiger partial charge in [0.15, 0.2) is 0 Å². The Labute approximate surface area is 249 Å².